The summed E-state index contributed by atoms with van der Waals surface area (Å²) in [4.78, 5) is 25.0. The molecule has 26 heavy (non-hydrogen) atoms. The van der Waals surface area contributed by atoms with Gasteiger partial charge in [-0.3, -0.25) is 4.79 Å². The normalized spacial score (nSPS) is 15.7. The third kappa shape index (κ3) is 4.75. The van der Waals surface area contributed by atoms with Crippen molar-refractivity contribution >= 4 is 17.6 Å². The molecule has 1 aliphatic rings. The number of hydrogen-bond acceptors (Lipinski definition) is 5. The highest BCUT2D eigenvalue weighted by Crippen LogP contribution is 2.34. The second-order valence-electron chi connectivity index (χ2n) is 7.00. The quantitative estimate of drug-likeness (QED) is 0.711. The molecule has 1 saturated carbocycles. The van der Waals surface area contributed by atoms with Crippen LogP contribution in [0.15, 0.2) is 18.2 Å². The van der Waals surface area contributed by atoms with Gasteiger partial charge >= 0.3 is 5.97 Å². The highest BCUT2D eigenvalue weighted by molar-refractivity contribution is 5.99. The summed E-state index contributed by atoms with van der Waals surface area (Å²) in [5.74, 6) is 0.138. The fourth-order valence-corrected chi connectivity index (χ4v) is 3.07. The van der Waals surface area contributed by atoms with Crippen LogP contribution in [0.3, 0.4) is 0 Å². The number of anilines is 1. The molecule has 1 amide bonds. The molecule has 6 nitrogen and oxygen atoms in total. The van der Waals surface area contributed by atoms with Crippen LogP contribution < -0.4 is 10.1 Å². The number of hydrogen-bond donors (Lipinski definition) is 1. The zero-order chi connectivity index (χ0) is 19.2. The van der Waals surface area contributed by atoms with E-state index in [1.54, 1.807) is 32.2 Å². The number of esters is 1. The first-order valence-corrected chi connectivity index (χ1v) is 9.22. The van der Waals surface area contributed by atoms with Crippen molar-refractivity contribution in [3.05, 3.63) is 23.8 Å². The first-order valence-electron chi connectivity index (χ1n) is 9.22. The lowest BCUT2D eigenvalue weighted by Crippen LogP contribution is -2.42. The topological polar surface area (TPSA) is 73.9 Å². The molecule has 6 heteroatoms. The summed E-state index contributed by atoms with van der Waals surface area (Å²) in [6, 6.07) is 5.02. The van der Waals surface area contributed by atoms with Crippen molar-refractivity contribution in [3.63, 3.8) is 0 Å². The number of nitrogens with one attached hydrogen (secondary N) is 1. The molecule has 0 heterocycles. The molecule has 0 radical (unpaired) electrons. The fraction of sp³-hybridized carbons (Fsp3) is 0.600. The zero-order valence-corrected chi connectivity index (χ0v) is 16.1. The van der Waals surface area contributed by atoms with Gasteiger partial charge in [0.05, 0.1) is 13.2 Å². The molecule has 0 spiro atoms. The molecule has 1 aromatic rings. The average molecular weight is 363 g/mol. The Morgan fingerprint density at radius 3 is 2.50 bits per heavy atom. The van der Waals surface area contributed by atoms with Gasteiger partial charge in [-0.1, -0.05) is 13.8 Å². The molecule has 1 aliphatic carbocycles. The molecule has 0 bridgehead atoms. The van der Waals surface area contributed by atoms with E-state index in [9.17, 15) is 9.59 Å². The maximum Gasteiger partial charge on any atom is 0.341 e. The summed E-state index contributed by atoms with van der Waals surface area (Å²) in [7, 11) is 1.57. The summed E-state index contributed by atoms with van der Waals surface area (Å²) in [5, 5.41) is 2.88. The van der Waals surface area contributed by atoms with Gasteiger partial charge in [0.15, 0.2) is 0 Å². The Labute approximate surface area is 155 Å². The first kappa shape index (κ1) is 20.2. The van der Waals surface area contributed by atoms with Crippen molar-refractivity contribution in [2.45, 2.75) is 52.1 Å². The van der Waals surface area contributed by atoms with Crippen LogP contribution in [-0.4, -0.2) is 37.8 Å². The second kappa shape index (κ2) is 9.03. The average Bonchev–Trinajstić information content (AvgIpc) is 3.11. The van der Waals surface area contributed by atoms with Crippen LogP contribution in [0.5, 0.6) is 5.75 Å². The highest BCUT2D eigenvalue weighted by atomic mass is 16.5. The minimum Gasteiger partial charge on any atom is -0.492 e. The number of benzene rings is 1. The predicted molar refractivity (Wildman–Crippen MR) is 99.6 cm³/mol. The Morgan fingerprint density at radius 2 is 1.92 bits per heavy atom. The summed E-state index contributed by atoms with van der Waals surface area (Å²) < 4.78 is 16.4. The Kier molecular flexibility index (Phi) is 7.03. The molecule has 0 unspecified atom stereocenters. The van der Waals surface area contributed by atoms with Gasteiger partial charge in [0.2, 0.25) is 0 Å². The van der Waals surface area contributed by atoms with Gasteiger partial charge in [0.1, 0.15) is 16.9 Å². The summed E-state index contributed by atoms with van der Waals surface area (Å²) in [6.45, 7) is 6.58. The maximum atomic E-state index is 12.7. The van der Waals surface area contributed by atoms with Gasteiger partial charge in [-0.25, -0.2) is 4.79 Å². The standard InChI is InChI=1S/C20H29NO5/c1-5-25-18(22)16-12-15(8-9-17(16)26-13-14(2)3)21-19(23)20(24-4)10-6-7-11-20/h8-9,12,14H,5-7,10-11,13H2,1-4H3,(H,21,23). The van der Waals surface area contributed by atoms with Gasteiger partial charge in [0, 0.05) is 12.8 Å². The summed E-state index contributed by atoms with van der Waals surface area (Å²) in [6.07, 6.45) is 3.35. The van der Waals surface area contributed by atoms with E-state index in [-0.39, 0.29) is 12.5 Å². The van der Waals surface area contributed by atoms with Gasteiger partial charge in [-0.05, 0) is 56.7 Å². The third-order valence-electron chi connectivity index (χ3n) is 4.52. The van der Waals surface area contributed by atoms with E-state index < -0.39 is 11.6 Å². The molecule has 0 saturated heterocycles. The maximum absolute atomic E-state index is 12.7. The van der Waals surface area contributed by atoms with Crippen molar-refractivity contribution in [1.29, 1.82) is 0 Å². The molecular formula is C20H29NO5. The van der Waals surface area contributed by atoms with E-state index in [0.29, 0.717) is 42.4 Å². The lowest BCUT2D eigenvalue weighted by atomic mass is 10.0. The van der Waals surface area contributed by atoms with Crippen LogP contribution >= 0.6 is 0 Å². The monoisotopic (exact) mass is 363 g/mol. The number of amides is 1. The van der Waals surface area contributed by atoms with Crippen LogP contribution in [0.25, 0.3) is 0 Å². The number of carbonyl (C=O) groups excluding carboxylic acids is 2. The molecule has 144 valence electrons. The van der Waals surface area contributed by atoms with E-state index in [0.717, 1.165) is 12.8 Å². The first-order chi connectivity index (χ1) is 12.4. The van der Waals surface area contributed by atoms with Crippen LogP contribution in [0, 0.1) is 5.92 Å². The Morgan fingerprint density at radius 1 is 1.23 bits per heavy atom. The molecule has 1 N–H and O–H groups in total. The minimum absolute atomic E-state index is 0.178. The van der Waals surface area contributed by atoms with E-state index >= 15 is 0 Å². The van der Waals surface area contributed by atoms with Crippen LogP contribution in [0.1, 0.15) is 56.8 Å². The van der Waals surface area contributed by atoms with E-state index in [1.807, 2.05) is 13.8 Å². The Balaban J connectivity index is 2.22. The Bertz CT molecular complexity index is 635. The van der Waals surface area contributed by atoms with Gasteiger partial charge in [-0.2, -0.15) is 0 Å². The Hall–Kier alpha value is -2.08. The molecular weight excluding hydrogens is 334 g/mol. The second-order valence-corrected chi connectivity index (χ2v) is 7.00. The highest BCUT2D eigenvalue weighted by Gasteiger charge is 2.41. The molecule has 0 atom stereocenters. The number of carbonyl (C=O) groups is 2. The summed E-state index contributed by atoms with van der Waals surface area (Å²) >= 11 is 0. The van der Waals surface area contributed by atoms with Gasteiger partial charge < -0.3 is 19.5 Å². The number of rotatable bonds is 8. The van der Waals surface area contributed by atoms with Crippen molar-refractivity contribution in [3.8, 4) is 5.75 Å². The van der Waals surface area contributed by atoms with Crippen molar-refractivity contribution in [2.75, 3.05) is 25.6 Å². The predicted octanol–water partition coefficient (Wildman–Crippen LogP) is 3.80. The fourth-order valence-electron chi connectivity index (χ4n) is 3.07. The van der Waals surface area contributed by atoms with Gasteiger partial charge in [-0.15, -0.1) is 0 Å². The smallest absolute Gasteiger partial charge is 0.341 e. The summed E-state index contributed by atoms with van der Waals surface area (Å²) in [5.41, 5.74) is 0.0538. The van der Waals surface area contributed by atoms with E-state index in [1.165, 1.54) is 0 Å². The van der Waals surface area contributed by atoms with Gasteiger partial charge in [0.25, 0.3) is 5.91 Å². The van der Waals surface area contributed by atoms with Crippen molar-refractivity contribution in [1.82, 2.24) is 0 Å². The molecule has 0 aromatic heterocycles. The molecule has 1 fully saturated rings. The molecule has 2 rings (SSSR count). The minimum atomic E-state index is -0.781. The lowest BCUT2D eigenvalue weighted by Gasteiger charge is -2.26. The zero-order valence-electron chi connectivity index (χ0n) is 16.1. The number of ether oxygens (including phenoxy) is 3. The van der Waals surface area contributed by atoms with E-state index in [4.69, 9.17) is 14.2 Å². The number of methoxy groups -OCH3 is 1. The van der Waals surface area contributed by atoms with Crippen molar-refractivity contribution in [2.24, 2.45) is 5.92 Å². The van der Waals surface area contributed by atoms with Crippen LogP contribution in [-0.2, 0) is 14.3 Å². The molecule has 0 aliphatic heterocycles. The van der Waals surface area contributed by atoms with Crippen LogP contribution in [0.2, 0.25) is 0 Å². The largest absolute Gasteiger partial charge is 0.492 e. The lowest BCUT2D eigenvalue weighted by molar-refractivity contribution is -0.137. The molecule has 1 aromatic carbocycles. The van der Waals surface area contributed by atoms with E-state index in [2.05, 4.69) is 5.32 Å². The SMILES string of the molecule is CCOC(=O)c1cc(NC(=O)C2(OC)CCCC2)ccc1OCC(C)C. The van der Waals surface area contributed by atoms with Crippen LogP contribution in [0.4, 0.5) is 5.69 Å². The van der Waals surface area contributed by atoms with Crippen molar-refractivity contribution < 1.29 is 23.8 Å². The third-order valence-corrected chi connectivity index (χ3v) is 4.52.